The van der Waals surface area contributed by atoms with Crippen LogP contribution >= 0.6 is 0 Å². The molecule has 4 heterocycles. The molecule has 6 nitrogen and oxygen atoms in total. The summed E-state index contributed by atoms with van der Waals surface area (Å²) in [7, 11) is 0. The molecule has 0 unspecified atom stereocenters. The van der Waals surface area contributed by atoms with E-state index in [-0.39, 0.29) is 5.41 Å². The van der Waals surface area contributed by atoms with E-state index in [0.717, 1.165) is 58.8 Å². The summed E-state index contributed by atoms with van der Waals surface area (Å²) in [6.07, 6.45) is 8.26. The van der Waals surface area contributed by atoms with Gasteiger partial charge in [0, 0.05) is 50.5 Å². The lowest BCUT2D eigenvalue weighted by Crippen LogP contribution is -2.47. The highest BCUT2D eigenvalue weighted by molar-refractivity contribution is 5.29. The molecule has 2 aromatic heterocycles. The van der Waals surface area contributed by atoms with E-state index in [2.05, 4.69) is 30.8 Å². The van der Waals surface area contributed by atoms with Crippen LogP contribution in [0, 0.1) is 11.2 Å². The average molecular weight is 357 g/mol. The van der Waals surface area contributed by atoms with Gasteiger partial charge in [0.2, 0.25) is 5.95 Å². The van der Waals surface area contributed by atoms with Crippen molar-refractivity contribution in [1.82, 2.24) is 19.9 Å². The Morgan fingerprint density at radius 1 is 1.12 bits per heavy atom. The van der Waals surface area contributed by atoms with Crippen LogP contribution in [-0.2, 0) is 11.3 Å². The van der Waals surface area contributed by atoms with Crippen molar-refractivity contribution in [3.8, 4) is 0 Å². The highest BCUT2D eigenvalue weighted by Crippen LogP contribution is 2.35. The molecule has 0 atom stereocenters. The first-order valence-corrected chi connectivity index (χ1v) is 9.14. The molecule has 0 aliphatic carbocycles. The third-order valence-electron chi connectivity index (χ3n) is 5.36. The van der Waals surface area contributed by atoms with Gasteiger partial charge in [-0.2, -0.15) is 0 Å². The normalized spacial score (nSPS) is 20.9. The van der Waals surface area contributed by atoms with E-state index in [0.29, 0.717) is 5.95 Å². The highest BCUT2D eigenvalue weighted by Gasteiger charge is 2.38. The zero-order chi connectivity index (χ0) is 17.8. The minimum absolute atomic E-state index is 0.162. The smallest absolute Gasteiger partial charge is 0.225 e. The number of ether oxygens (including phenoxy) is 1. The van der Waals surface area contributed by atoms with E-state index < -0.39 is 5.82 Å². The molecule has 2 saturated heterocycles. The number of halogens is 1. The third-order valence-corrected chi connectivity index (χ3v) is 5.36. The molecular weight excluding hydrogens is 333 g/mol. The number of pyridine rings is 1. The fourth-order valence-electron chi connectivity index (χ4n) is 3.92. The standard InChI is InChI=1S/C19H24FN5O/c20-17-11-22-18(23-12-17)25-6-3-19(4-7-25)14-24(8-9-26-15-19)13-16-2-1-5-21-10-16/h1-2,5,10-12H,3-4,6-9,13-15H2. The van der Waals surface area contributed by atoms with Crippen molar-refractivity contribution in [2.24, 2.45) is 5.41 Å². The Hall–Kier alpha value is -2.12. The summed E-state index contributed by atoms with van der Waals surface area (Å²) in [5.74, 6) is 0.216. The molecule has 2 fully saturated rings. The lowest BCUT2D eigenvalue weighted by molar-refractivity contribution is 0.0487. The zero-order valence-corrected chi connectivity index (χ0v) is 14.9. The van der Waals surface area contributed by atoms with Gasteiger partial charge in [-0.3, -0.25) is 9.88 Å². The van der Waals surface area contributed by atoms with E-state index in [1.165, 1.54) is 18.0 Å². The molecule has 0 amide bonds. The van der Waals surface area contributed by atoms with Gasteiger partial charge in [-0.1, -0.05) is 6.07 Å². The second-order valence-electron chi connectivity index (χ2n) is 7.31. The molecule has 0 saturated carbocycles. The molecule has 2 aliphatic rings. The molecule has 0 radical (unpaired) electrons. The number of rotatable bonds is 3. The molecule has 0 N–H and O–H groups in total. The van der Waals surface area contributed by atoms with Gasteiger partial charge in [-0.15, -0.1) is 0 Å². The van der Waals surface area contributed by atoms with Crippen molar-refractivity contribution in [1.29, 1.82) is 0 Å². The van der Waals surface area contributed by atoms with Gasteiger partial charge in [0.25, 0.3) is 0 Å². The first kappa shape index (κ1) is 17.3. The summed E-state index contributed by atoms with van der Waals surface area (Å²) in [6, 6.07) is 4.11. The predicted octanol–water partition coefficient (Wildman–Crippen LogP) is 2.13. The number of piperidine rings is 1. The first-order valence-electron chi connectivity index (χ1n) is 9.14. The maximum Gasteiger partial charge on any atom is 0.225 e. The van der Waals surface area contributed by atoms with Crippen LogP contribution in [0.4, 0.5) is 10.3 Å². The lowest BCUT2D eigenvalue weighted by atomic mass is 9.78. The van der Waals surface area contributed by atoms with Crippen molar-refractivity contribution < 1.29 is 9.13 Å². The molecule has 0 bridgehead atoms. The largest absolute Gasteiger partial charge is 0.379 e. The number of nitrogens with zero attached hydrogens (tertiary/aromatic N) is 5. The summed E-state index contributed by atoms with van der Waals surface area (Å²) in [5.41, 5.74) is 1.40. The Balaban J connectivity index is 1.40. The quantitative estimate of drug-likeness (QED) is 0.839. The van der Waals surface area contributed by atoms with Crippen molar-refractivity contribution >= 4 is 5.95 Å². The van der Waals surface area contributed by atoms with E-state index in [1.807, 2.05) is 18.5 Å². The summed E-state index contributed by atoms with van der Waals surface area (Å²) in [5, 5.41) is 0. The Kier molecular flexibility index (Phi) is 5.08. The average Bonchev–Trinajstić information content (AvgIpc) is 2.86. The predicted molar refractivity (Wildman–Crippen MR) is 96.2 cm³/mol. The second kappa shape index (κ2) is 7.63. The van der Waals surface area contributed by atoms with Gasteiger partial charge in [0.05, 0.1) is 25.6 Å². The monoisotopic (exact) mass is 357 g/mol. The molecule has 4 rings (SSSR count). The third kappa shape index (κ3) is 3.99. The van der Waals surface area contributed by atoms with Gasteiger partial charge in [0.15, 0.2) is 5.82 Å². The minimum Gasteiger partial charge on any atom is -0.379 e. The van der Waals surface area contributed by atoms with Crippen LogP contribution in [0.25, 0.3) is 0 Å². The van der Waals surface area contributed by atoms with E-state index in [9.17, 15) is 4.39 Å². The van der Waals surface area contributed by atoms with Crippen LogP contribution < -0.4 is 4.90 Å². The molecular formula is C19H24FN5O. The van der Waals surface area contributed by atoms with Crippen LogP contribution in [0.1, 0.15) is 18.4 Å². The van der Waals surface area contributed by atoms with Gasteiger partial charge in [-0.05, 0) is 24.5 Å². The fourth-order valence-corrected chi connectivity index (χ4v) is 3.92. The minimum atomic E-state index is -0.398. The van der Waals surface area contributed by atoms with Crippen molar-refractivity contribution in [2.45, 2.75) is 19.4 Å². The number of anilines is 1. The zero-order valence-electron chi connectivity index (χ0n) is 14.9. The lowest BCUT2D eigenvalue weighted by Gasteiger charge is -2.42. The summed E-state index contributed by atoms with van der Waals surface area (Å²) >= 11 is 0. The Morgan fingerprint density at radius 2 is 1.92 bits per heavy atom. The molecule has 1 spiro atoms. The molecule has 26 heavy (non-hydrogen) atoms. The molecule has 7 heteroatoms. The number of hydrogen-bond donors (Lipinski definition) is 0. The Morgan fingerprint density at radius 3 is 2.65 bits per heavy atom. The second-order valence-corrected chi connectivity index (χ2v) is 7.31. The van der Waals surface area contributed by atoms with Crippen LogP contribution in [0.2, 0.25) is 0 Å². The number of aromatic nitrogens is 3. The van der Waals surface area contributed by atoms with Gasteiger partial charge < -0.3 is 9.64 Å². The maximum atomic E-state index is 13.0. The molecule has 2 aliphatic heterocycles. The van der Waals surface area contributed by atoms with E-state index in [4.69, 9.17) is 4.74 Å². The molecule has 138 valence electrons. The van der Waals surface area contributed by atoms with Crippen molar-refractivity contribution in [2.75, 3.05) is 44.3 Å². The van der Waals surface area contributed by atoms with Gasteiger partial charge in [0.1, 0.15) is 0 Å². The summed E-state index contributed by atoms with van der Waals surface area (Å²) in [4.78, 5) is 17.1. The maximum absolute atomic E-state index is 13.0. The van der Waals surface area contributed by atoms with Crippen LogP contribution in [0.15, 0.2) is 36.9 Å². The summed E-state index contributed by atoms with van der Waals surface area (Å²) in [6.45, 7) is 6.19. The van der Waals surface area contributed by atoms with E-state index >= 15 is 0 Å². The van der Waals surface area contributed by atoms with Crippen LogP contribution in [0.5, 0.6) is 0 Å². The van der Waals surface area contributed by atoms with Crippen molar-refractivity contribution in [3.05, 3.63) is 48.3 Å². The number of hydrogen-bond acceptors (Lipinski definition) is 6. The summed E-state index contributed by atoms with van der Waals surface area (Å²) < 4.78 is 19.0. The van der Waals surface area contributed by atoms with Crippen LogP contribution in [0.3, 0.4) is 0 Å². The Bertz CT molecular complexity index is 704. The molecule has 2 aromatic rings. The molecule has 0 aromatic carbocycles. The topological polar surface area (TPSA) is 54.4 Å². The fraction of sp³-hybridized carbons (Fsp3) is 0.526. The Labute approximate surface area is 153 Å². The van der Waals surface area contributed by atoms with E-state index in [1.54, 1.807) is 0 Å². The SMILES string of the molecule is Fc1cnc(N2CCC3(CC2)COCCN(Cc2cccnc2)C3)nc1. The van der Waals surface area contributed by atoms with Crippen LogP contribution in [-0.4, -0.2) is 59.2 Å². The van der Waals surface area contributed by atoms with Gasteiger partial charge in [-0.25, -0.2) is 14.4 Å². The van der Waals surface area contributed by atoms with Gasteiger partial charge >= 0.3 is 0 Å². The highest BCUT2D eigenvalue weighted by atomic mass is 19.1. The van der Waals surface area contributed by atoms with Crippen molar-refractivity contribution in [3.63, 3.8) is 0 Å². The first-order chi connectivity index (χ1) is 12.7.